The van der Waals surface area contributed by atoms with Crippen molar-refractivity contribution in [1.82, 2.24) is 9.97 Å². The van der Waals surface area contributed by atoms with Gasteiger partial charge in [-0.1, -0.05) is 0 Å². The number of H-pyrrole nitrogens is 1. The standard InChI is InChI=1S/C13H14N2O3/c1-3-18-10-6-4-9(5-7-10)11-14-12(16)8(2)13(17)15-11/h4-7H,3H2,1-2H3,(H2,14,15,16,17). The van der Waals surface area contributed by atoms with E-state index in [4.69, 9.17) is 4.74 Å². The molecule has 0 saturated heterocycles. The summed E-state index contributed by atoms with van der Waals surface area (Å²) in [6, 6.07) is 7.13. The second kappa shape index (κ2) is 4.91. The Hall–Kier alpha value is -2.30. The average Bonchev–Trinajstić information content (AvgIpc) is 2.37. The fraction of sp³-hybridized carbons (Fsp3) is 0.231. The van der Waals surface area contributed by atoms with Gasteiger partial charge in [0.05, 0.1) is 12.2 Å². The molecule has 2 aromatic rings. The maximum atomic E-state index is 11.5. The van der Waals surface area contributed by atoms with E-state index in [0.717, 1.165) is 5.75 Å². The predicted octanol–water partition coefficient (Wildman–Crippen LogP) is 1.85. The van der Waals surface area contributed by atoms with Gasteiger partial charge in [0.15, 0.2) is 0 Å². The molecule has 0 amide bonds. The van der Waals surface area contributed by atoms with Crippen LogP contribution in [0.3, 0.4) is 0 Å². The van der Waals surface area contributed by atoms with Crippen LogP contribution in [0, 0.1) is 6.92 Å². The molecule has 2 rings (SSSR count). The first-order chi connectivity index (χ1) is 8.61. The number of aromatic hydroxyl groups is 1. The summed E-state index contributed by atoms with van der Waals surface area (Å²) in [6.45, 7) is 4.02. The molecule has 94 valence electrons. The molecule has 5 heteroatoms. The Morgan fingerprint density at radius 1 is 1.33 bits per heavy atom. The third-order valence-corrected chi connectivity index (χ3v) is 2.56. The summed E-state index contributed by atoms with van der Waals surface area (Å²) in [7, 11) is 0. The summed E-state index contributed by atoms with van der Waals surface area (Å²) in [4.78, 5) is 18.1. The summed E-state index contributed by atoms with van der Waals surface area (Å²) in [5.74, 6) is 0.841. The monoisotopic (exact) mass is 246 g/mol. The molecule has 2 N–H and O–H groups in total. The third-order valence-electron chi connectivity index (χ3n) is 2.56. The molecular weight excluding hydrogens is 232 g/mol. The lowest BCUT2D eigenvalue weighted by atomic mass is 10.2. The predicted molar refractivity (Wildman–Crippen MR) is 67.9 cm³/mol. The Labute approximate surface area is 104 Å². The molecule has 0 aliphatic rings. The molecule has 0 unspecified atom stereocenters. The molecule has 1 aromatic carbocycles. The van der Waals surface area contributed by atoms with Crippen LogP contribution in [0.25, 0.3) is 11.4 Å². The molecule has 0 aliphatic heterocycles. The van der Waals surface area contributed by atoms with E-state index >= 15 is 0 Å². The molecule has 1 aromatic heterocycles. The molecule has 0 atom stereocenters. The van der Waals surface area contributed by atoms with Gasteiger partial charge in [0, 0.05) is 5.56 Å². The van der Waals surface area contributed by atoms with Gasteiger partial charge in [-0.3, -0.25) is 4.79 Å². The number of aromatic amines is 1. The molecule has 18 heavy (non-hydrogen) atoms. The molecule has 0 fully saturated rings. The fourth-order valence-electron chi connectivity index (χ4n) is 1.53. The van der Waals surface area contributed by atoms with Crippen molar-refractivity contribution in [3.05, 3.63) is 40.2 Å². The summed E-state index contributed by atoms with van der Waals surface area (Å²) in [5.41, 5.74) is 0.585. The van der Waals surface area contributed by atoms with Crippen molar-refractivity contribution >= 4 is 0 Å². The number of aromatic nitrogens is 2. The van der Waals surface area contributed by atoms with Crippen molar-refractivity contribution in [2.24, 2.45) is 0 Å². The van der Waals surface area contributed by atoms with Crippen LogP contribution in [0.15, 0.2) is 29.1 Å². The second-order valence-corrected chi connectivity index (χ2v) is 3.82. The summed E-state index contributed by atoms with van der Waals surface area (Å²) in [5, 5.41) is 9.53. The fourth-order valence-corrected chi connectivity index (χ4v) is 1.53. The Kier molecular flexibility index (Phi) is 3.32. The van der Waals surface area contributed by atoms with Crippen molar-refractivity contribution in [2.75, 3.05) is 6.61 Å². The number of ether oxygens (including phenoxy) is 1. The van der Waals surface area contributed by atoms with Crippen LogP contribution in [0.5, 0.6) is 11.6 Å². The molecule has 0 bridgehead atoms. The van der Waals surface area contributed by atoms with Gasteiger partial charge in [0.2, 0.25) is 5.88 Å². The van der Waals surface area contributed by atoms with Gasteiger partial charge in [-0.2, -0.15) is 4.98 Å². The molecule has 0 aliphatic carbocycles. The van der Waals surface area contributed by atoms with E-state index < -0.39 is 0 Å². The highest BCUT2D eigenvalue weighted by Gasteiger charge is 2.07. The summed E-state index contributed by atoms with van der Waals surface area (Å²) >= 11 is 0. The summed E-state index contributed by atoms with van der Waals surface area (Å²) < 4.78 is 5.32. The van der Waals surface area contributed by atoms with E-state index in [2.05, 4.69) is 9.97 Å². The normalized spacial score (nSPS) is 10.3. The Morgan fingerprint density at radius 3 is 2.56 bits per heavy atom. The lowest BCUT2D eigenvalue weighted by molar-refractivity contribution is 0.340. The number of hydrogen-bond acceptors (Lipinski definition) is 4. The minimum Gasteiger partial charge on any atom is -0.494 e. The van der Waals surface area contributed by atoms with E-state index in [1.54, 1.807) is 24.3 Å². The molecule has 0 saturated carbocycles. The van der Waals surface area contributed by atoms with Crippen molar-refractivity contribution in [1.29, 1.82) is 0 Å². The van der Waals surface area contributed by atoms with Crippen LogP contribution >= 0.6 is 0 Å². The zero-order valence-electron chi connectivity index (χ0n) is 10.2. The van der Waals surface area contributed by atoms with E-state index in [0.29, 0.717) is 18.0 Å². The average molecular weight is 246 g/mol. The van der Waals surface area contributed by atoms with E-state index in [9.17, 15) is 9.90 Å². The second-order valence-electron chi connectivity index (χ2n) is 3.82. The highest BCUT2D eigenvalue weighted by molar-refractivity contribution is 5.56. The van der Waals surface area contributed by atoms with Crippen LogP contribution in [0.1, 0.15) is 12.5 Å². The topological polar surface area (TPSA) is 75.2 Å². The minimum atomic E-state index is -0.341. The van der Waals surface area contributed by atoms with Crippen LogP contribution in [0.2, 0.25) is 0 Å². The number of benzene rings is 1. The lowest BCUT2D eigenvalue weighted by Crippen LogP contribution is -2.12. The van der Waals surface area contributed by atoms with E-state index in [1.165, 1.54) is 6.92 Å². The van der Waals surface area contributed by atoms with Crippen molar-refractivity contribution in [3.63, 3.8) is 0 Å². The summed E-state index contributed by atoms with van der Waals surface area (Å²) in [6.07, 6.45) is 0. The quantitative estimate of drug-likeness (QED) is 0.866. The molecule has 5 nitrogen and oxygen atoms in total. The van der Waals surface area contributed by atoms with Crippen molar-refractivity contribution in [3.8, 4) is 23.0 Å². The molecule has 0 spiro atoms. The van der Waals surface area contributed by atoms with Crippen LogP contribution in [0.4, 0.5) is 0 Å². The molecular formula is C13H14N2O3. The van der Waals surface area contributed by atoms with Gasteiger partial charge in [-0.05, 0) is 38.1 Å². The minimum absolute atomic E-state index is 0.213. The Bertz CT molecular complexity index is 603. The maximum absolute atomic E-state index is 11.5. The SMILES string of the molecule is CCOc1ccc(-c2nc(O)c(C)c(=O)[nH]2)cc1. The van der Waals surface area contributed by atoms with E-state index in [1.807, 2.05) is 6.92 Å². The van der Waals surface area contributed by atoms with Crippen LogP contribution < -0.4 is 10.3 Å². The first kappa shape index (κ1) is 12.2. The maximum Gasteiger partial charge on any atom is 0.257 e. The number of rotatable bonds is 3. The van der Waals surface area contributed by atoms with Gasteiger partial charge in [0.25, 0.3) is 5.56 Å². The zero-order chi connectivity index (χ0) is 13.1. The van der Waals surface area contributed by atoms with Crippen molar-refractivity contribution < 1.29 is 9.84 Å². The van der Waals surface area contributed by atoms with E-state index in [-0.39, 0.29) is 17.0 Å². The third kappa shape index (κ3) is 2.34. The van der Waals surface area contributed by atoms with Gasteiger partial charge in [0.1, 0.15) is 11.6 Å². The van der Waals surface area contributed by atoms with Gasteiger partial charge < -0.3 is 14.8 Å². The van der Waals surface area contributed by atoms with Gasteiger partial charge in [-0.15, -0.1) is 0 Å². The first-order valence-corrected chi connectivity index (χ1v) is 5.65. The van der Waals surface area contributed by atoms with Crippen LogP contribution in [-0.4, -0.2) is 21.7 Å². The zero-order valence-corrected chi connectivity index (χ0v) is 10.2. The number of nitrogens with zero attached hydrogens (tertiary/aromatic N) is 1. The van der Waals surface area contributed by atoms with Crippen LogP contribution in [-0.2, 0) is 0 Å². The lowest BCUT2D eigenvalue weighted by Gasteiger charge is -2.05. The largest absolute Gasteiger partial charge is 0.494 e. The first-order valence-electron chi connectivity index (χ1n) is 5.65. The smallest absolute Gasteiger partial charge is 0.257 e. The Morgan fingerprint density at radius 2 is 2.00 bits per heavy atom. The molecule has 1 heterocycles. The Balaban J connectivity index is 2.40. The number of nitrogens with one attached hydrogen (secondary N) is 1. The van der Waals surface area contributed by atoms with Gasteiger partial charge >= 0.3 is 0 Å². The molecule has 0 radical (unpaired) electrons. The highest BCUT2D eigenvalue weighted by atomic mass is 16.5. The van der Waals surface area contributed by atoms with Gasteiger partial charge in [-0.25, -0.2) is 0 Å². The highest BCUT2D eigenvalue weighted by Crippen LogP contribution is 2.20. The number of hydrogen-bond donors (Lipinski definition) is 2. The van der Waals surface area contributed by atoms with Crippen molar-refractivity contribution in [2.45, 2.75) is 13.8 Å².